The van der Waals surface area contributed by atoms with Crippen molar-refractivity contribution in [3.8, 4) is 45.7 Å². The first-order chi connectivity index (χ1) is 19.5. The van der Waals surface area contributed by atoms with Gasteiger partial charge in [-0.15, -0.1) is 5.54 Å². The predicted molar refractivity (Wildman–Crippen MR) is 170 cm³/mol. The fourth-order valence-electron chi connectivity index (χ4n) is 4.98. The minimum absolute atomic E-state index is 0.131. The van der Waals surface area contributed by atoms with Crippen LogP contribution in [-0.4, -0.2) is 41.2 Å². The Morgan fingerprint density at radius 3 is 2.51 bits per heavy atom. The molecule has 0 spiro atoms. The molecule has 0 aliphatic carbocycles. The maximum atomic E-state index is 12.9. The SMILES string of the molecule is CC(C)(C)OC(=O)N1CCCC1c1ncc(-c2ccc(C#CC#C[Si](C)(C)C)c(-c3ccc4ccccc4c3)c2)[nH]1. The van der Waals surface area contributed by atoms with E-state index in [2.05, 4.69) is 109 Å². The number of carbonyl (C=O) groups is 1. The van der Waals surface area contributed by atoms with Gasteiger partial charge in [0.1, 0.15) is 19.5 Å². The summed E-state index contributed by atoms with van der Waals surface area (Å²) in [5, 5.41) is 2.38. The lowest BCUT2D eigenvalue weighted by Gasteiger charge is -2.27. The van der Waals surface area contributed by atoms with Crippen molar-refractivity contribution in [2.24, 2.45) is 0 Å². The highest BCUT2D eigenvalue weighted by Gasteiger charge is 2.34. The Labute approximate surface area is 244 Å². The van der Waals surface area contributed by atoms with Gasteiger partial charge in [-0.25, -0.2) is 9.78 Å². The third-order valence-corrected chi connectivity index (χ3v) is 7.76. The van der Waals surface area contributed by atoms with Crippen molar-refractivity contribution in [2.75, 3.05) is 6.54 Å². The van der Waals surface area contributed by atoms with Crippen LogP contribution in [-0.2, 0) is 4.74 Å². The first kappa shape index (κ1) is 28.3. The maximum absolute atomic E-state index is 12.9. The standard InChI is InChI=1S/C35H37N3O2Si/c1-35(2,3)40-34(39)38-20-11-15-32(38)33-36-24-31(37-33)29-19-17-26(13-9-10-21-41(4,5)6)30(23-29)28-18-16-25-12-7-8-14-27(25)22-28/h7-8,12,14,16-19,22-24,32H,11,15,20H2,1-6H3,(H,36,37). The van der Waals surface area contributed by atoms with Crippen LogP contribution in [0.3, 0.4) is 0 Å². The van der Waals surface area contributed by atoms with Crippen molar-refractivity contribution in [3.05, 3.63) is 78.2 Å². The molecule has 5 nitrogen and oxygen atoms in total. The van der Waals surface area contributed by atoms with Gasteiger partial charge in [-0.2, -0.15) is 0 Å². The number of amides is 1. The second-order valence-corrected chi connectivity index (χ2v) is 17.3. The van der Waals surface area contributed by atoms with Gasteiger partial charge in [0.05, 0.1) is 17.9 Å². The fraction of sp³-hybridized carbons (Fsp3) is 0.314. The van der Waals surface area contributed by atoms with Gasteiger partial charge in [-0.3, -0.25) is 4.90 Å². The Morgan fingerprint density at radius 1 is 1.00 bits per heavy atom. The molecular formula is C35H37N3O2Si. The largest absolute Gasteiger partial charge is 0.444 e. The zero-order valence-corrected chi connectivity index (χ0v) is 25.8. The Balaban J connectivity index is 1.51. The number of rotatable bonds is 3. The molecule has 1 aromatic heterocycles. The topological polar surface area (TPSA) is 58.2 Å². The molecule has 1 aliphatic heterocycles. The molecular weight excluding hydrogens is 522 g/mol. The molecule has 1 N–H and O–H groups in total. The zero-order chi connectivity index (χ0) is 29.2. The molecule has 208 valence electrons. The second kappa shape index (κ2) is 11.3. The molecule has 4 aromatic rings. The van der Waals surface area contributed by atoms with Gasteiger partial charge in [0, 0.05) is 17.7 Å². The number of hydrogen-bond acceptors (Lipinski definition) is 3. The molecule has 1 atom stereocenters. The Bertz CT molecular complexity index is 1720. The average Bonchev–Trinajstić information content (AvgIpc) is 3.59. The number of aromatic nitrogens is 2. The molecule has 0 bridgehead atoms. The number of fused-ring (bicyclic) bond motifs is 1. The lowest BCUT2D eigenvalue weighted by Crippen LogP contribution is -2.36. The number of hydrogen-bond donors (Lipinski definition) is 1. The zero-order valence-electron chi connectivity index (χ0n) is 24.8. The number of carbonyl (C=O) groups excluding carboxylic acids is 1. The number of nitrogens with one attached hydrogen (secondary N) is 1. The van der Waals surface area contributed by atoms with Gasteiger partial charge < -0.3 is 9.72 Å². The molecule has 1 amide bonds. The minimum Gasteiger partial charge on any atom is -0.444 e. The van der Waals surface area contributed by atoms with Crippen LogP contribution in [0.5, 0.6) is 0 Å². The van der Waals surface area contributed by atoms with E-state index in [0.717, 1.165) is 46.6 Å². The number of imidazole rings is 1. The highest BCUT2D eigenvalue weighted by molar-refractivity contribution is 6.83. The van der Waals surface area contributed by atoms with Gasteiger partial charge in [-0.05, 0) is 85.6 Å². The van der Waals surface area contributed by atoms with Crippen LogP contribution in [0.1, 0.15) is 51.0 Å². The predicted octanol–water partition coefficient (Wildman–Crippen LogP) is 8.20. The van der Waals surface area contributed by atoms with E-state index in [1.165, 1.54) is 10.8 Å². The molecule has 0 saturated carbocycles. The molecule has 1 unspecified atom stereocenters. The molecule has 41 heavy (non-hydrogen) atoms. The van der Waals surface area contributed by atoms with Gasteiger partial charge in [0.25, 0.3) is 0 Å². The number of nitrogens with zero attached hydrogens (tertiary/aromatic N) is 2. The molecule has 0 radical (unpaired) electrons. The van der Waals surface area contributed by atoms with E-state index in [1.54, 1.807) is 4.90 Å². The second-order valence-electron chi connectivity index (χ2n) is 12.6. The first-order valence-corrected chi connectivity index (χ1v) is 17.7. The third kappa shape index (κ3) is 6.91. The highest BCUT2D eigenvalue weighted by atomic mass is 28.3. The van der Waals surface area contributed by atoms with Gasteiger partial charge in [-0.1, -0.05) is 68.0 Å². The summed E-state index contributed by atoms with van der Waals surface area (Å²) in [5.74, 6) is 10.3. The summed E-state index contributed by atoms with van der Waals surface area (Å²) in [6, 6.07) is 21.0. The van der Waals surface area contributed by atoms with Crippen LogP contribution in [0.4, 0.5) is 4.79 Å². The van der Waals surface area contributed by atoms with Crippen LogP contribution in [0.2, 0.25) is 19.6 Å². The van der Waals surface area contributed by atoms with E-state index in [4.69, 9.17) is 9.72 Å². The van der Waals surface area contributed by atoms with Crippen LogP contribution >= 0.6 is 0 Å². The summed E-state index contributed by atoms with van der Waals surface area (Å²) in [6.45, 7) is 13.0. The molecule has 1 fully saturated rings. The van der Waals surface area contributed by atoms with Crippen molar-refractivity contribution >= 4 is 24.9 Å². The van der Waals surface area contributed by atoms with Crippen LogP contribution in [0.25, 0.3) is 33.2 Å². The van der Waals surface area contributed by atoms with Crippen molar-refractivity contribution in [1.82, 2.24) is 14.9 Å². The van der Waals surface area contributed by atoms with Gasteiger partial charge in [0.15, 0.2) is 0 Å². The summed E-state index contributed by atoms with van der Waals surface area (Å²) < 4.78 is 5.66. The third-order valence-electron chi connectivity index (χ3n) is 6.88. The van der Waals surface area contributed by atoms with Gasteiger partial charge >= 0.3 is 6.09 Å². The van der Waals surface area contributed by atoms with Crippen molar-refractivity contribution in [1.29, 1.82) is 0 Å². The summed E-state index contributed by atoms with van der Waals surface area (Å²) in [5.41, 5.74) is 7.77. The monoisotopic (exact) mass is 559 g/mol. The Kier molecular flexibility index (Phi) is 7.80. The van der Waals surface area contributed by atoms with E-state index in [-0.39, 0.29) is 12.1 Å². The smallest absolute Gasteiger partial charge is 0.410 e. The molecule has 1 aliphatic rings. The lowest BCUT2D eigenvalue weighted by molar-refractivity contribution is 0.0218. The van der Waals surface area contributed by atoms with E-state index >= 15 is 0 Å². The van der Waals surface area contributed by atoms with Crippen molar-refractivity contribution < 1.29 is 9.53 Å². The fourth-order valence-corrected chi connectivity index (χ4v) is 5.41. The number of aromatic amines is 1. The minimum atomic E-state index is -1.50. The quantitative estimate of drug-likeness (QED) is 0.203. The van der Waals surface area contributed by atoms with E-state index in [0.29, 0.717) is 6.54 Å². The Hall–Kier alpha value is -4.26. The highest BCUT2D eigenvalue weighted by Crippen LogP contribution is 2.35. The Morgan fingerprint density at radius 2 is 1.76 bits per heavy atom. The maximum Gasteiger partial charge on any atom is 0.410 e. The van der Waals surface area contributed by atoms with E-state index in [1.807, 2.05) is 27.0 Å². The van der Waals surface area contributed by atoms with Crippen molar-refractivity contribution in [2.45, 2.75) is 64.9 Å². The molecule has 2 heterocycles. The molecule has 5 rings (SSSR count). The molecule has 3 aromatic carbocycles. The first-order valence-electron chi connectivity index (χ1n) is 14.2. The van der Waals surface area contributed by atoms with Crippen LogP contribution in [0, 0.1) is 23.3 Å². The molecule has 6 heteroatoms. The van der Waals surface area contributed by atoms with Gasteiger partial charge in [0.2, 0.25) is 0 Å². The summed E-state index contributed by atoms with van der Waals surface area (Å²) >= 11 is 0. The lowest BCUT2D eigenvalue weighted by atomic mass is 9.95. The number of likely N-dealkylation sites (tertiary alicyclic amines) is 1. The van der Waals surface area contributed by atoms with Crippen LogP contribution < -0.4 is 0 Å². The van der Waals surface area contributed by atoms with E-state index < -0.39 is 13.7 Å². The summed E-state index contributed by atoms with van der Waals surface area (Å²) in [4.78, 5) is 22.9. The number of ether oxygens (including phenoxy) is 1. The average molecular weight is 560 g/mol. The summed E-state index contributed by atoms with van der Waals surface area (Å²) in [7, 11) is -1.50. The summed E-state index contributed by atoms with van der Waals surface area (Å²) in [6.07, 6.45) is 3.32. The van der Waals surface area contributed by atoms with E-state index in [9.17, 15) is 4.79 Å². The number of H-pyrrole nitrogens is 1. The normalized spacial score (nSPS) is 15.2. The van der Waals surface area contributed by atoms with Crippen LogP contribution in [0.15, 0.2) is 66.9 Å². The molecule has 1 saturated heterocycles. The van der Waals surface area contributed by atoms with Crippen molar-refractivity contribution in [3.63, 3.8) is 0 Å². The number of benzene rings is 3.